The number of cyclic esters (lactones) is 2. The number of aliphatic hydroxyl groups excluding tert-OH is 1. The highest BCUT2D eigenvalue weighted by Crippen LogP contribution is 2.12. The molecule has 80 valence electrons. The van der Waals surface area contributed by atoms with Gasteiger partial charge in [-0.25, -0.2) is 9.59 Å². The number of nitrogens with one attached hydrogen (secondary N) is 1. The van der Waals surface area contributed by atoms with Gasteiger partial charge in [-0.2, -0.15) is 0 Å². The van der Waals surface area contributed by atoms with Crippen LogP contribution in [0.25, 0.3) is 0 Å². The molecular formula is C7H11NO6. The van der Waals surface area contributed by atoms with Gasteiger partial charge in [-0.3, -0.25) is 0 Å². The normalized spacial score (nSPS) is 19.1. The lowest BCUT2D eigenvalue weighted by Crippen LogP contribution is -2.60. The molecule has 0 bridgehead atoms. The van der Waals surface area contributed by atoms with Gasteiger partial charge in [-0.15, -0.1) is 0 Å². The van der Waals surface area contributed by atoms with Crippen molar-refractivity contribution in [3.05, 3.63) is 0 Å². The SMILES string of the molecule is COC(=O)NC1(CO)COC(=O)OC1. The van der Waals surface area contributed by atoms with E-state index in [9.17, 15) is 9.59 Å². The second-order valence-electron chi connectivity index (χ2n) is 2.88. The van der Waals surface area contributed by atoms with E-state index in [-0.39, 0.29) is 13.2 Å². The van der Waals surface area contributed by atoms with E-state index in [1.54, 1.807) is 0 Å². The fourth-order valence-electron chi connectivity index (χ4n) is 0.948. The van der Waals surface area contributed by atoms with E-state index in [1.165, 1.54) is 7.11 Å². The number of aliphatic hydroxyl groups is 1. The van der Waals surface area contributed by atoms with Crippen molar-refractivity contribution in [1.82, 2.24) is 5.32 Å². The molecule has 0 saturated carbocycles. The van der Waals surface area contributed by atoms with Crippen LogP contribution in [0.5, 0.6) is 0 Å². The van der Waals surface area contributed by atoms with Gasteiger partial charge in [0.25, 0.3) is 0 Å². The Kier molecular flexibility index (Phi) is 3.13. The van der Waals surface area contributed by atoms with E-state index >= 15 is 0 Å². The zero-order chi connectivity index (χ0) is 10.6. The van der Waals surface area contributed by atoms with Crippen LogP contribution in [0.2, 0.25) is 0 Å². The molecule has 7 heteroatoms. The quantitative estimate of drug-likeness (QED) is 0.575. The molecule has 2 N–H and O–H groups in total. The lowest BCUT2D eigenvalue weighted by Gasteiger charge is -2.33. The van der Waals surface area contributed by atoms with Gasteiger partial charge in [0, 0.05) is 0 Å². The Morgan fingerprint density at radius 2 is 2.21 bits per heavy atom. The molecular weight excluding hydrogens is 194 g/mol. The highest BCUT2D eigenvalue weighted by molar-refractivity contribution is 5.69. The lowest BCUT2D eigenvalue weighted by atomic mass is 10.0. The van der Waals surface area contributed by atoms with Gasteiger partial charge in [0.05, 0.1) is 13.7 Å². The average Bonchev–Trinajstić information content (AvgIpc) is 2.22. The summed E-state index contributed by atoms with van der Waals surface area (Å²) in [6, 6.07) is 0. The fourth-order valence-corrected chi connectivity index (χ4v) is 0.948. The molecule has 1 rings (SSSR count). The molecule has 0 radical (unpaired) electrons. The molecule has 0 aromatic rings. The summed E-state index contributed by atoms with van der Waals surface area (Å²) in [6.07, 6.45) is -1.54. The van der Waals surface area contributed by atoms with Crippen LogP contribution in [0, 0.1) is 0 Å². The van der Waals surface area contributed by atoms with Crippen LogP contribution in [0.4, 0.5) is 9.59 Å². The van der Waals surface area contributed by atoms with E-state index in [2.05, 4.69) is 19.5 Å². The number of hydrogen-bond donors (Lipinski definition) is 2. The Hall–Kier alpha value is -1.50. The molecule has 0 aromatic carbocycles. The molecule has 1 aliphatic heterocycles. The first-order valence-corrected chi connectivity index (χ1v) is 3.88. The zero-order valence-corrected chi connectivity index (χ0v) is 7.61. The van der Waals surface area contributed by atoms with Gasteiger partial charge in [0.15, 0.2) is 0 Å². The summed E-state index contributed by atoms with van der Waals surface area (Å²) < 4.78 is 13.4. The van der Waals surface area contributed by atoms with Gasteiger partial charge < -0.3 is 24.6 Å². The summed E-state index contributed by atoms with van der Waals surface area (Å²) in [4.78, 5) is 21.4. The van der Waals surface area contributed by atoms with Crippen molar-refractivity contribution >= 4 is 12.2 Å². The monoisotopic (exact) mass is 205 g/mol. The van der Waals surface area contributed by atoms with E-state index in [1.807, 2.05) is 0 Å². The van der Waals surface area contributed by atoms with Gasteiger partial charge in [0.1, 0.15) is 18.8 Å². The van der Waals surface area contributed by atoms with Crippen molar-refractivity contribution in [1.29, 1.82) is 0 Å². The predicted molar refractivity (Wildman–Crippen MR) is 42.7 cm³/mol. The molecule has 0 atom stereocenters. The Labute approximate surface area is 79.9 Å². The van der Waals surface area contributed by atoms with Gasteiger partial charge in [-0.05, 0) is 0 Å². The molecule has 0 aliphatic carbocycles. The van der Waals surface area contributed by atoms with E-state index in [0.29, 0.717) is 0 Å². The molecule has 1 heterocycles. The minimum absolute atomic E-state index is 0.141. The first kappa shape index (κ1) is 10.6. The number of alkyl carbamates (subject to hydrolysis) is 1. The minimum atomic E-state index is -1.11. The van der Waals surface area contributed by atoms with Crippen molar-refractivity contribution < 1.29 is 28.9 Å². The number of methoxy groups -OCH3 is 1. The summed E-state index contributed by atoms with van der Waals surface area (Å²) in [5, 5.41) is 11.4. The van der Waals surface area contributed by atoms with Gasteiger partial charge in [-0.1, -0.05) is 0 Å². The van der Waals surface area contributed by atoms with Crippen LogP contribution in [-0.4, -0.2) is 49.8 Å². The molecule has 1 aliphatic rings. The Bertz CT molecular complexity index is 230. The summed E-state index contributed by atoms with van der Waals surface area (Å²) >= 11 is 0. The summed E-state index contributed by atoms with van der Waals surface area (Å²) in [5.74, 6) is 0. The van der Waals surface area contributed by atoms with Crippen molar-refractivity contribution in [3.63, 3.8) is 0 Å². The number of amides is 1. The van der Waals surface area contributed by atoms with Crippen molar-refractivity contribution in [2.45, 2.75) is 5.54 Å². The second-order valence-corrected chi connectivity index (χ2v) is 2.88. The third-order valence-electron chi connectivity index (χ3n) is 1.79. The standard InChI is InChI=1S/C7H11NO6/c1-12-5(10)8-7(2-9)3-13-6(11)14-4-7/h9H,2-4H2,1H3,(H,8,10). The number of carbonyl (C=O) groups is 2. The van der Waals surface area contributed by atoms with Crippen molar-refractivity contribution in [2.75, 3.05) is 26.9 Å². The first-order chi connectivity index (χ1) is 6.62. The van der Waals surface area contributed by atoms with Crippen LogP contribution in [-0.2, 0) is 14.2 Å². The number of carbonyl (C=O) groups excluding carboxylic acids is 2. The maximum Gasteiger partial charge on any atom is 0.508 e. The number of rotatable bonds is 2. The molecule has 1 saturated heterocycles. The molecule has 7 nitrogen and oxygen atoms in total. The largest absolute Gasteiger partial charge is 0.508 e. The number of ether oxygens (including phenoxy) is 3. The van der Waals surface area contributed by atoms with E-state index < -0.39 is 24.4 Å². The fraction of sp³-hybridized carbons (Fsp3) is 0.714. The van der Waals surface area contributed by atoms with Crippen LogP contribution in [0.3, 0.4) is 0 Å². The Balaban J connectivity index is 2.58. The Morgan fingerprint density at radius 3 is 2.64 bits per heavy atom. The molecule has 1 amide bonds. The van der Waals surface area contributed by atoms with E-state index in [4.69, 9.17) is 5.11 Å². The van der Waals surface area contributed by atoms with Crippen LogP contribution < -0.4 is 5.32 Å². The minimum Gasteiger partial charge on any atom is -0.453 e. The summed E-state index contributed by atoms with van der Waals surface area (Å²) in [6.45, 7) is -0.690. The second kappa shape index (κ2) is 4.14. The highest BCUT2D eigenvalue weighted by Gasteiger charge is 2.39. The van der Waals surface area contributed by atoms with Crippen LogP contribution in [0.15, 0.2) is 0 Å². The lowest BCUT2D eigenvalue weighted by molar-refractivity contribution is -0.0521. The van der Waals surface area contributed by atoms with Crippen LogP contribution in [0.1, 0.15) is 0 Å². The topological polar surface area (TPSA) is 94.1 Å². The zero-order valence-electron chi connectivity index (χ0n) is 7.61. The number of hydrogen-bond acceptors (Lipinski definition) is 6. The maximum absolute atomic E-state index is 10.9. The molecule has 0 unspecified atom stereocenters. The third-order valence-corrected chi connectivity index (χ3v) is 1.79. The third kappa shape index (κ3) is 2.25. The molecule has 1 fully saturated rings. The molecule has 0 aromatic heterocycles. The Morgan fingerprint density at radius 1 is 1.64 bits per heavy atom. The molecule has 14 heavy (non-hydrogen) atoms. The molecule has 0 spiro atoms. The van der Waals surface area contributed by atoms with Gasteiger partial charge in [0.2, 0.25) is 0 Å². The van der Waals surface area contributed by atoms with Crippen molar-refractivity contribution in [2.24, 2.45) is 0 Å². The van der Waals surface area contributed by atoms with Crippen molar-refractivity contribution in [3.8, 4) is 0 Å². The maximum atomic E-state index is 10.9. The highest BCUT2D eigenvalue weighted by atomic mass is 16.7. The smallest absolute Gasteiger partial charge is 0.453 e. The average molecular weight is 205 g/mol. The predicted octanol–water partition coefficient (Wildman–Crippen LogP) is -0.760. The summed E-state index contributed by atoms with van der Waals surface area (Å²) in [7, 11) is 1.19. The van der Waals surface area contributed by atoms with Crippen LogP contribution >= 0.6 is 0 Å². The van der Waals surface area contributed by atoms with E-state index in [0.717, 1.165) is 0 Å². The van der Waals surface area contributed by atoms with Gasteiger partial charge >= 0.3 is 12.2 Å². The summed E-state index contributed by atoms with van der Waals surface area (Å²) in [5.41, 5.74) is -1.11. The first-order valence-electron chi connectivity index (χ1n) is 3.88.